The first-order valence-electron chi connectivity index (χ1n) is 2.83. The fraction of sp³-hybridized carbons (Fsp3) is 0.667. The third kappa shape index (κ3) is 6.16. The van der Waals surface area contributed by atoms with Crippen LogP contribution in [0.4, 0.5) is 0 Å². The number of hydrogen-bond donors (Lipinski definition) is 1. The molecule has 0 aromatic rings. The molecule has 0 aliphatic rings. The molecule has 0 saturated carbocycles. The SMILES string of the molecule is CC(=CCl)CNCCCl. The number of nitrogens with one attached hydrogen (secondary N) is 1. The summed E-state index contributed by atoms with van der Waals surface area (Å²) >= 11 is 10.8. The van der Waals surface area contributed by atoms with Crippen LogP contribution < -0.4 is 5.32 Å². The highest BCUT2D eigenvalue weighted by Gasteiger charge is 1.85. The molecular formula is C6H11Cl2N. The van der Waals surface area contributed by atoms with Gasteiger partial charge >= 0.3 is 0 Å². The molecule has 0 rings (SSSR count). The third-order valence-electron chi connectivity index (χ3n) is 0.861. The average molecular weight is 168 g/mol. The van der Waals surface area contributed by atoms with E-state index in [1.165, 1.54) is 0 Å². The first-order valence-corrected chi connectivity index (χ1v) is 3.81. The van der Waals surface area contributed by atoms with Gasteiger partial charge in [0.15, 0.2) is 0 Å². The summed E-state index contributed by atoms with van der Waals surface area (Å²) in [6.07, 6.45) is 0. The van der Waals surface area contributed by atoms with Gasteiger partial charge in [-0.2, -0.15) is 0 Å². The molecule has 0 aliphatic carbocycles. The topological polar surface area (TPSA) is 12.0 Å². The van der Waals surface area contributed by atoms with Gasteiger partial charge in [-0.1, -0.05) is 11.6 Å². The average Bonchev–Trinajstić information content (AvgIpc) is 1.89. The van der Waals surface area contributed by atoms with Crippen molar-refractivity contribution in [3.8, 4) is 0 Å². The van der Waals surface area contributed by atoms with Gasteiger partial charge in [-0.25, -0.2) is 0 Å². The molecule has 0 bridgehead atoms. The van der Waals surface area contributed by atoms with Gasteiger partial charge in [0.2, 0.25) is 0 Å². The monoisotopic (exact) mass is 167 g/mol. The second kappa shape index (κ2) is 6.40. The molecule has 1 N–H and O–H groups in total. The minimum atomic E-state index is 0.648. The van der Waals surface area contributed by atoms with Crippen LogP contribution in [0.15, 0.2) is 11.1 Å². The number of hydrogen-bond acceptors (Lipinski definition) is 1. The highest BCUT2D eigenvalue weighted by molar-refractivity contribution is 6.25. The molecule has 0 saturated heterocycles. The Labute approximate surface area is 66.0 Å². The molecule has 1 nitrogen and oxygen atoms in total. The molecule has 3 heteroatoms. The smallest absolute Gasteiger partial charge is 0.0348 e. The van der Waals surface area contributed by atoms with E-state index in [1.54, 1.807) is 5.54 Å². The molecule has 0 spiro atoms. The number of alkyl halides is 1. The van der Waals surface area contributed by atoms with E-state index in [9.17, 15) is 0 Å². The maximum absolute atomic E-state index is 5.41. The summed E-state index contributed by atoms with van der Waals surface area (Å²) in [6, 6.07) is 0. The van der Waals surface area contributed by atoms with Crippen molar-refractivity contribution in [2.24, 2.45) is 0 Å². The van der Waals surface area contributed by atoms with Crippen molar-refractivity contribution in [2.75, 3.05) is 19.0 Å². The fourth-order valence-corrected chi connectivity index (χ4v) is 0.602. The van der Waals surface area contributed by atoms with Crippen LogP contribution >= 0.6 is 23.2 Å². The molecule has 54 valence electrons. The molecule has 0 aromatic heterocycles. The molecule has 0 aliphatic heterocycles. The van der Waals surface area contributed by atoms with E-state index >= 15 is 0 Å². The van der Waals surface area contributed by atoms with E-state index in [4.69, 9.17) is 23.2 Å². The molecule has 0 aromatic carbocycles. The number of rotatable bonds is 4. The van der Waals surface area contributed by atoms with E-state index in [-0.39, 0.29) is 0 Å². The van der Waals surface area contributed by atoms with Gasteiger partial charge < -0.3 is 5.32 Å². The Morgan fingerprint density at radius 2 is 2.33 bits per heavy atom. The molecule has 0 radical (unpaired) electrons. The Morgan fingerprint density at radius 3 is 2.78 bits per heavy atom. The normalized spacial score (nSPS) is 12.1. The summed E-state index contributed by atoms with van der Waals surface area (Å²) in [7, 11) is 0. The molecule has 0 unspecified atom stereocenters. The summed E-state index contributed by atoms with van der Waals surface area (Å²) in [6.45, 7) is 3.63. The van der Waals surface area contributed by atoms with Crippen LogP contribution in [-0.4, -0.2) is 19.0 Å². The summed E-state index contributed by atoms with van der Waals surface area (Å²) in [4.78, 5) is 0. The van der Waals surface area contributed by atoms with E-state index < -0.39 is 0 Å². The summed E-state index contributed by atoms with van der Waals surface area (Å²) in [5.74, 6) is 0.648. The molecule has 0 fully saturated rings. The zero-order chi connectivity index (χ0) is 7.11. The lowest BCUT2D eigenvalue weighted by Crippen LogP contribution is -2.18. The van der Waals surface area contributed by atoms with Gasteiger partial charge in [-0.3, -0.25) is 0 Å². The van der Waals surface area contributed by atoms with Crippen LogP contribution in [0.2, 0.25) is 0 Å². The lowest BCUT2D eigenvalue weighted by atomic mass is 10.3. The quantitative estimate of drug-likeness (QED) is 0.499. The van der Waals surface area contributed by atoms with Crippen molar-refractivity contribution >= 4 is 23.2 Å². The van der Waals surface area contributed by atoms with Crippen LogP contribution in [0, 0.1) is 0 Å². The van der Waals surface area contributed by atoms with Crippen LogP contribution in [0.5, 0.6) is 0 Å². The van der Waals surface area contributed by atoms with E-state index in [2.05, 4.69) is 5.32 Å². The predicted octanol–water partition coefficient (Wildman–Crippen LogP) is 1.96. The zero-order valence-corrected chi connectivity index (χ0v) is 6.97. The van der Waals surface area contributed by atoms with Crippen molar-refractivity contribution < 1.29 is 0 Å². The lowest BCUT2D eigenvalue weighted by molar-refractivity contribution is 0.781. The summed E-state index contributed by atoms with van der Waals surface area (Å²) in [5, 5.41) is 3.10. The van der Waals surface area contributed by atoms with E-state index in [1.807, 2.05) is 6.92 Å². The fourth-order valence-electron chi connectivity index (χ4n) is 0.391. The van der Waals surface area contributed by atoms with Crippen molar-refractivity contribution in [3.05, 3.63) is 11.1 Å². The molecule has 0 amide bonds. The lowest BCUT2D eigenvalue weighted by Gasteiger charge is -1.99. The standard InChI is InChI=1S/C6H11Cl2N/c1-6(4-8)5-9-3-2-7/h4,9H,2-3,5H2,1H3. The van der Waals surface area contributed by atoms with Crippen LogP contribution in [0.1, 0.15) is 6.92 Å². The maximum Gasteiger partial charge on any atom is 0.0348 e. The highest BCUT2D eigenvalue weighted by atomic mass is 35.5. The van der Waals surface area contributed by atoms with E-state index in [0.29, 0.717) is 5.88 Å². The van der Waals surface area contributed by atoms with Crippen molar-refractivity contribution in [1.82, 2.24) is 5.32 Å². The van der Waals surface area contributed by atoms with E-state index in [0.717, 1.165) is 18.7 Å². The second-order valence-corrected chi connectivity index (χ2v) is 2.42. The Morgan fingerprint density at radius 1 is 1.67 bits per heavy atom. The largest absolute Gasteiger partial charge is 0.312 e. The third-order valence-corrected chi connectivity index (χ3v) is 1.42. The molecular weight excluding hydrogens is 157 g/mol. The highest BCUT2D eigenvalue weighted by Crippen LogP contribution is 1.91. The summed E-state index contributed by atoms with van der Waals surface area (Å²) < 4.78 is 0. The Kier molecular flexibility index (Phi) is 6.60. The Balaban J connectivity index is 3.07. The second-order valence-electron chi connectivity index (χ2n) is 1.82. The minimum Gasteiger partial charge on any atom is -0.312 e. The van der Waals surface area contributed by atoms with Crippen molar-refractivity contribution in [1.29, 1.82) is 0 Å². The van der Waals surface area contributed by atoms with Gasteiger partial charge in [0.25, 0.3) is 0 Å². The van der Waals surface area contributed by atoms with Crippen molar-refractivity contribution in [2.45, 2.75) is 6.92 Å². The Hall–Kier alpha value is 0.280. The molecule has 9 heavy (non-hydrogen) atoms. The van der Waals surface area contributed by atoms with Gasteiger partial charge in [0.05, 0.1) is 0 Å². The van der Waals surface area contributed by atoms with Gasteiger partial charge in [0.1, 0.15) is 0 Å². The maximum atomic E-state index is 5.41. The van der Waals surface area contributed by atoms with Gasteiger partial charge in [0, 0.05) is 24.5 Å². The minimum absolute atomic E-state index is 0.648. The van der Waals surface area contributed by atoms with Crippen LogP contribution in [0.25, 0.3) is 0 Å². The first kappa shape index (κ1) is 9.28. The van der Waals surface area contributed by atoms with Crippen LogP contribution in [0.3, 0.4) is 0 Å². The predicted molar refractivity (Wildman–Crippen MR) is 43.2 cm³/mol. The van der Waals surface area contributed by atoms with Crippen LogP contribution in [-0.2, 0) is 0 Å². The zero-order valence-electron chi connectivity index (χ0n) is 5.45. The molecule has 0 atom stereocenters. The number of halogens is 2. The molecule has 0 heterocycles. The summed E-state index contributed by atoms with van der Waals surface area (Å²) in [5.41, 5.74) is 2.70. The Bertz CT molecular complexity index is 91.1. The van der Waals surface area contributed by atoms with Crippen molar-refractivity contribution in [3.63, 3.8) is 0 Å². The van der Waals surface area contributed by atoms with Gasteiger partial charge in [-0.15, -0.1) is 11.6 Å². The first-order chi connectivity index (χ1) is 4.31. The van der Waals surface area contributed by atoms with Gasteiger partial charge in [-0.05, 0) is 12.5 Å².